The number of rotatable bonds is 2. The van der Waals surface area contributed by atoms with Crippen molar-refractivity contribution in [3.8, 4) is 5.75 Å². The van der Waals surface area contributed by atoms with Crippen LogP contribution in [-0.4, -0.2) is 11.8 Å². The van der Waals surface area contributed by atoms with Gasteiger partial charge in [0.2, 0.25) is 0 Å². The van der Waals surface area contributed by atoms with Gasteiger partial charge in [0, 0.05) is 11.1 Å². The Balaban J connectivity index is 3.51. The largest absolute Gasteiger partial charge is 0.514 e. The van der Waals surface area contributed by atoms with E-state index in [9.17, 15) is 4.79 Å². The number of carbonyl (C=O) groups excluding carboxylic acids is 1. The maximum absolute atomic E-state index is 12.3. The van der Waals surface area contributed by atoms with Crippen LogP contribution in [0.3, 0.4) is 0 Å². The van der Waals surface area contributed by atoms with Crippen LogP contribution in [0.5, 0.6) is 5.75 Å². The zero-order valence-electron chi connectivity index (χ0n) is 17.1. The van der Waals surface area contributed by atoms with E-state index < -0.39 is 11.8 Å². The van der Waals surface area contributed by atoms with Crippen LogP contribution in [0.2, 0.25) is 0 Å². The number of carbonyl (C=O) groups is 1. The molecule has 0 aliphatic heterocycles. The molecule has 3 heteroatoms. The predicted octanol–water partition coefficient (Wildman–Crippen LogP) is 6.16. The van der Waals surface area contributed by atoms with Gasteiger partial charge in [-0.25, -0.2) is 4.79 Å². The molecule has 1 aromatic rings. The Morgan fingerprint density at radius 3 is 1.58 bits per heavy atom. The molecule has 0 aliphatic rings. The summed E-state index contributed by atoms with van der Waals surface area (Å²) in [5.41, 5.74) is 2.48. The molecule has 0 fully saturated rings. The summed E-state index contributed by atoms with van der Waals surface area (Å²) < 4.78 is 11.1. The molecule has 136 valence electrons. The first-order valence-electron chi connectivity index (χ1n) is 8.74. The highest BCUT2D eigenvalue weighted by Crippen LogP contribution is 2.41. The van der Waals surface area contributed by atoms with Crippen LogP contribution in [0.25, 0.3) is 0 Å². The highest BCUT2D eigenvalue weighted by atomic mass is 16.7. The van der Waals surface area contributed by atoms with Crippen molar-refractivity contribution in [3.05, 3.63) is 28.8 Å². The molecule has 0 spiro atoms. The summed E-state index contributed by atoms with van der Waals surface area (Å²) in [6.45, 7) is 20.5. The molecule has 0 unspecified atom stereocenters. The first-order valence-corrected chi connectivity index (χ1v) is 8.74. The van der Waals surface area contributed by atoms with Crippen molar-refractivity contribution in [3.63, 3.8) is 0 Å². The van der Waals surface area contributed by atoms with Gasteiger partial charge in [-0.3, -0.25) is 0 Å². The smallest absolute Gasteiger partial charge is 0.428 e. The molecule has 0 atom stereocenters. The van der Waals surface area contributed by atoms with Crippen molar-refractivity contribution in [1.29, 1.82) is 0 Å². The van der Waals surface area contributed by atoms with Crippen LogP contribution in [0.15, 0.2) is 12.1 Å². The second-order valence-electron chi connectivity index (χ2n) is 9.44. The monoisotopic (exact) mass is 334 g/mol. The summed E-state index contributed by atoms with van der Waals surface area (Å²) in [6.07, 6.45) is 0.293. The molecule has 0 radical (unpaired) electrons. The van der Waals surface area contributed by atoms with Crippen molar-refractivity contribution < 1.29 is 14.3 Å². The van der Waals surface area contributed by atoms with Gasteiger partial charge in [0.15, 0.2) is 0 Å². The molecule has 0 saturated carbocycles. The lowest BCUT2D eigenvalue weighted by atomic mass is 9.78. The van der Waals surface area contributed by atoms with Gasteiger partial charge in [-0.15, -0.1) is 0 Å². The summed E-state index contributed by atoms with van der Waals surface area (Å²) in [5.74, 6) is 0.640. The minimum absolute atomic E-state index is 0.136. The number of benzene rings is 1. The van der Waals surface area contributed by atoms with Crippen LogP contribution < -0.4 is 4.74 Å². The maximum Gasteiger partial charge on any atom is 0.514 e. The topological polar surface area (TPSA) is 35.5 Å². The van der Waals surface area contributed by atoms with Gasteiger partial charge in [-0.05, 0) is 43.6 Å². The van der Waals surface area contributed by atoms with Crippen molar-refractivity contribution >= 4 is 6.16 Å². The Kier molecular flexibility index (Phi) is 5.80. The summed E-state index contributed by atoms with van der Waals surface area (Å²) in [7, 11) is 0. The van der Waals surface area contributed by atoms with Crippen LogP contribution in [-0.2, 0) is 22.0 Å². The fourth-order valence-corrected chi connectivity index (χ4v) is 2.47. The van der Waals surface area contributed by atoms with Crippen LogP contribution in [0, 0.1) is 0 Å². The molecule has 0 heterocycles. The van der Waals surface area contributed by atoms with Gasteiger partial charge < -0.3 is 9.47 Å². The zero-order chi connectivity index (χ0) is 18.9. The fraction of sp³-hybridized carbons (Fsp3) is 0.667. The molecule has 3 nitrogen and oxygen atoms in total. The van der Waals surface area contributed by atoms with Gasteiger partial charge in [0.05, 0.1) is 0 Å². The summed E-state index contributed by atoms with van der Waals surface area (Å²) in [5, 5.41) is 0. The average Bonchev–Trinajstić information content (AvgIpc) is 2.33. The Morgan fingerprint density at radius 2 is 1.29 bits per heavy atom. The normalized spacial score (nSPS) is 12.9. The standard InChI is InChI=1S/C21H34O3/c1-11-14-12-15(19(2,3)4)17(16(13-14)20(5,6)7)23-18(22)24-21(8,9)10/h12-13H,11H2,1-10H3. The van der Waals surface area contributed by atoms with Crippen LogP contribution in [0.1, 0.15) is 85.9 Å². The van der Waals surface area contributed by atoms with Gasteiger partial charge in [-0.1, -0.05) is 60.6 Å². The Labute approximate surface area is 147 Å². The molecule has 0 N–H and O–H groups in total. The summed E-state index contributed by atoms with van der Waals surface area (Å²) in [6, 6.07) is 4.30. The molecule has 0 saturated heterocycles. The lowest BCUT2D eigenvalue weighted by Crippen LogP contribution is -2.28. The fourth-order valence-electron chi connectivity index (χ4n) is 2.47. The van der Waals surface area contributed by atoms with Gasteiger partial charge in [0.25, 0.3) is 0 Å². The SMILES string of the molecule is CCc1cc(C(C)(C)C)c(OC(=O)OC(C)(C)C)c(C(C)(C)C)c1. The molecule has 0 aromatic heterocycles. The van der Waals surface area contributed by atoms with E-state index >= 15 is 0 Å². The van der Waals surface area contributed by atoms with Gasteiger partial charge in [0.1, 0.15) is 11.4 Å². The van der Waals surface area contributed by atoms with E-state index in [-0.39, 0.29) is 10.8 Å². The third-order valence-corrected chi connectivity index (χ3v) is 3.75. The molecule has 0 bridgehead atoms. The molecule has 1 rings (SSSR count). The van der Waals surface area contributed by atoms with E-state index in [0.29, 0.717) is 5.75 Å². The lowest BCUT2D eigenvalue weighted by Gasteiger charge is -2.30. The Hall–Kier alpha value is -1.51. The minimum atomic E-state index is -0.650. The molecular weight excluding hydrogens is 300 g/mol. The number of hydrogen-bond acceptors (Lipinski definition) is 3. The third-order valence-electron chi connectivity index (χ3n) is 3.75. The first-order chi connectivity index (χ1) is 10.6. The highest BCUT2D eigenvalue weighted by Gasteiger charge is 2.30. The average molecular weight is 335 g/mol. The second-order valence-corrected chi connectivity index (χ2v) is 9.44. The molecule has 24 heavy (non-hydrogen) atoms. The van der Waals surface area contributed by atoms with E-state index in [1.165, 1.54) is 5.56 Å². The molecular formula is C21H34O3. The number of ether oxygens (including phenoxy) is 2. The molecule has 0 amide bonds. The van der Waals surface area contributed by atoms with Crippen molar-refractivity contribution in [2.24, 2.45) is 0 Å². The Bertz CT molecular complexity index is 558. The summed E-state index contributed by atoms with van der Waals surface area (Å²) in [4.78, 5) is 12.3. The van der Waals surface area contributed by atoms with Crippen LogP contribution in [0.4, 0.5) is 4.79 Å². The van der Waals surface area contributed by atoms with Gasteiger partial charge in [-0.2, -0.15) is 0 Å². The highest BCUT2D eigenvalue weighted by molar-refractivity contribution is 5.67. The first kappa shape index (κ1) is 20.5. The van der Waals surface area contributed by atoms with E-state index in [0.717, 1.165) is 17.5 Å². The quantitative estimate of drug-likeness (QED) is 0.480. The maximum atomic E-state index is 12.3. The lowest BCUT2D eigenvalue weighted by molar-refractivity contribution is 0.0199. The number of hydrogen-bond donors (Lipinski definition) is 0. The van der Waals surface area contributed by atoms with E-state index in [4.69, 9.17) is 9.47 Å². The second kappa shape index (κ2) is 6.78. The zero-order valence-corrected chi connectivity index (χ0v) is 17.1. The van der Waals surface area contributed by atoms with Crippen molar-refractivity contribution in [1.82, 2.24) is 0 Å². The summed E-state index contributed by atoms with van der Waals surface area (Å²) >= 11 is 0. The third kappa shape index (κ3) is 5.54. The van der Waals surface area contributed by atoms with E-state index in [2.05, 4.69) is 60.6 Å². The van der Waals surface area contributed by atoms with E-state index in [1.54, 1.807) is 0 Å². The Morgan fingerprint density at radius 1 is 0.875 bits per heavy atom. The predicted molar refractivity (Wildman–Crippen MR) is 100 cm³/mol. The molecule has 0 aliphatic carbocycles. The van der Waals surface area contributed by atoms with Crippen LogP contribution >= 0.6 is 0 Å². The van der Waals surface area contributed by atoms with Crippen molar-refractivity contribution in [2.45, 2.75) is 92.1 Å². The van der Waals surface area contributed by atoms with Crippen molar-refractivity contribution in [2.75, 3.05) is 0 Å². The van der Waals surface area contributed by atoms with Gasteiger partial charge >= 0.3 is 6.16 Å². The molecule has 1 aromatic carbocycles. The van der Waals surface area contributed by atoms with E-state index in [1.807, 2.05) is 20.8 Å². The minimum Gasteiger partial charge on any atom is -0.428 e. The number of aryl methyl sites for hydroxylation is 1.